The molecule has 1 fully saturated rings. The van der Waals surface area contributed by atoms with Crippen LogP contribution in [0.4, 0.5) is 0 Å². The Kier molecular flexibility index (Phi) is 2.90. The average Bonchev–Trinajstić information content (AvgIpc) is 1.94. The summed E-state index contributed by atoms with van der Waals surface area (Å²) in [5.41, 5.74) is 0. The monoisotopic (exact) mass is 142 g/mol. The minimum absolute atomic E-state index is 0.0567. The number of ether oxygens (including phenoxy) is 1. The van der Waals surface area contributed by atoms with Crippen LogP contribution in [0.15, 0.2) is 12.2 Å². The van der Waals surface area contributed by atoms with Crippen molar-refractivity contribution in [3.63, 3.8) is 0 Å². The van der Waals surface area contributed by atoms with Crippen LogP contribution in [0, 0.1) is 0 Å². The molecule has 1 aliphatic rings. The minimum atomic E-state index is -0.287. The molecular weight excluding hydrogens is 128 g/mol. The maximum atomic E-state index is 9.32. The highest BCUT2D eigenvalue weighted by molar-refractivity contribution is 4.92. The molecule has 2 nitrogen and oxygen atoms in total. The number of allylic oxidation sites excluding steroid dienone is 1. The molecule has 1 saturated heterocycles. The van der Waals surface area contributed by atoms with Gasteiger partial charge in [0, 0.05) is 6.61 Å². The predicted octanol–water partition coefficient (Wildman–Crippen LogP) is 1.10. The van der Waals surface area contributed by atoms with E-state index in [4.69, 9.17) is 4.74 Å². The maximum Gasteiger partial charge on any atom is 0.101 e. The van der Waals surface area contributed by atoms with E-state index in [0.29, 0.717) is 0 Å². The first-order chi connectivity index (χ1) is 4.84. The summed E-state index contributed by atoms with van der Waals surface area (Å²) < 4.78 is 5.29. The third-order valence-corrected chi connectivity index (χ3v) is 1.72. The Hall–Kier alpha value is -0.340. The van der Waals surface area contributed by atoms with Gasteiger partial charge in [-0.15, -0.1) is 0 Å². The van der Waals surface area contributed by atoms with Crippen LogP contribution in [0.3, 0.4) is 0 Å². The molecule has 0 aromatic rings. The molecule has 2 heteroatoms. The summed E-state index contributed by atoms with van der Waals surface area (Å²) in [7, 11) is 0. The predicted molar refractivity (Wildman–Crippen MR) is 39.8 cm³/mol. The van der Waals surface area contributed by atoms with E-state index in [1.807, 2.05) is 19.1 Å². The van der Waals surface area contributed by atoms with E-state index >= 15 is 0 Å². The SMILES string of the molecule is C/C=C/[C@@H]1OCCC[C@H]1O. The van der Waals surface area contributed by atoms with Crippen molar-refractivity contribution in [2.45, 2.75) is 32.0 Å². The lowest BCUT2D eigenvalue weighted by atomic mass is 10.1. The summed E-state index contributed by atoms with van der Waals surface area (Å²) >= 11 is 0. The van der Waals surface area contributed by atoms with Gasteiger partial charge in [0.05, 0.1) is 6.10 Å². The minimum Gasteiger partial charge on any atom is -0.390 e. The van der Waals surface area contributed by atoms with Gasteiger partial charge in [0.25, 0.3) is 0 Å². The zero-order valence-electron chi connectivity index (χ0n) is 6.29. The van der Waals surface area contributed by atoms with Crippen molar-refractivity contribution in [3.05, 3.63) is 12.2 Å². The number of rotatable bonds is 1. The van der Waals surface area contributed by atoms with Crippen LogP contribution in [0.25, 0.3) is 0 Å². The molecule has 10 heavy (non-hydrogen) atoms. The molecule has 0 aliphatic carbocycles. The highest BCUT2D eigenvalue weighted by atomic mass is 16.5. The fourth-order valence-corrected chi connectivity index (χ4v) is 1.16. The second kappa shape index (κ2) is 3.74. The van der Waals surface area contributed by atoms with Crippen LogP contribution in [0.5, 0.6) is 0 Å². The van der Waals surface area contributed by atoms with E-state index < -0.39 is 0 Å². The second-order valence-electron chi connectivity index (χ2n) is 2.57. The molecule has 1 heterocycles. The molecule has 1 aliphatic heterocycles. The summed E-state index contributed by atoms with van der Waals surface area (Å²) in [6, 6.07) is 0. The van der Waals surface area contributed by atoms with Crippen LogP contribution < -0.4 is 0 Å². The third kappa shape index (κ3) is 1.82. The fourth-order valence-electron chi connectivity index (χ4n) is 1.16. The molecular formula is C8H14O2. The topological polar surface area (TPSA) is 29.5 Å². The lowest BCUT2D eigenvalue weighted by Gasteiger charge is -2.25. The van der Waals surface area contributed by atoms with Gasteiger partial charge in [0.1, 0.15) is 6.10 Å². The summed E-state index contributed by atoms with van der Waals surface area (Å²) in [5, 5.41) is 9.32. The molecule has 0 aromatic heterocycles. The van der Waals surface area contributed by atoms with E-state index in [2.05, 4.69) is 0 Å². The van der Waals surface area contributed by atoms with Gasteiger partial charge in [-0.3, -0.25) is 0 Å². The Balaban J connectivity index is 2.39. The fraction of sp³-hybridized carbons (Fsp3) is 0.750. The Morgan fingerprint density at radius 3 is 3.00 bits per heavy atom. The molecule has 1 rings (SSSR count). The highest BCUT2D eigenvalue weighted by Gasteiger charge is 2.20. The molecule has 0 saturated carbocycles. The largest absolute Gasteiger partial charge is 0.390 e. The Bertz CT molecular complexity index is 120. The molecule has 1 N–H and O–H groups in total. The summed E-state index contributed by atoms with van der Waals surface area (Å²) in [6.07, 6.45) is 5.33. The summed E-state index contributed by atoms with van der Waals surface area (Å²) in [5.74, 6) is 0. The van der Waals surface area contributed by atoms with Crippen molar-refractivity contribution in [1.29, 1.82) is 0 Å². The van der Waals surface area contributed by atoms with Crippen molar-refractivity contribution < 1.29 is 9.84 Å². The number of hydrogen-bond acceptors (Lipinski definition) is 2. The van der Waals surface area contributed by atoms with E-state index in [-0.39, 0.29) is 12.2 Å². The van der Waals surface area contributed by atoms with Gasteiger partial charge in [-0.1, -0.05) is 12.2 Å². The van der Waals surface area contributed by atoms with E-state index in [1.54, 1.807) is 0 Å². The number of aliphatic hydroxyl groups excluding tert-OH is 1. The summed E-state index contributed by atoms with van der Waals surface area (Å²) in [6.45, 7) is 2.72. The molecule has 0 amide bonds. The lowest BCUT2D eigenvalue weighted by molar-refractivity contribution is -0.0483. The quantitative estimate of drug-likeness (QED) is 0.555. The van der Waals surface area contributed by atoms with Crippen molar-refractivity contribution >= 4 is 0 Å². The van der Waals surface area contributed by atoms with E-state index in [1.165, 1.54) is 0 Å². The first-order valence-corrected chi connectivity index (χ1v) is 3.77. The highest BCUT2D eigenvalue weighted by Crippen LogP contribution is 2.14. The van der Waals surface area contributed by atoms with Crippen LogP contribution >= 0.6 is 0 Å². The molecule has 0 radical (unpaired) electrons. The van der Waals surface area contributed by atoms with Crippen LogP contribution in [-0.4, -0.2) is 23.9 Å². The van der Waals surface area contributed by atoms with Crippen molar-refractivity contribution in [1.82, 2.24) is 0 Å². The van der Waals surface area contributed by atoms with Crippen molar-refractivity contribution in [3.8, 4) is 0 Å². The Morgan fingerprint density at radius 2 is 2.40 bits per heavy atom. The number of aliphatic hydroxyl groups is 1. The van der Waals surface area contributed by atoms with Crippen molar-refractivity contribution in [2.24, 2.45) is 0 Å². The first kappa shape index (κ1) is 7.76. The van der Waals surface area contributed by atoms with E-state index in [0.717, 1.165) is 19.4 Å². The molecule has 0 unspecified atom stereocenters. The maximum absolute atomic E-state index is 9.32. The van der Waals surface area contributed by atoms with Gasteiger partial charge in [-0.2, -0.15) is 0 Å². The Morgan fingerprint density at radius 1 is 1.60 bits per heavy atom. The van der Waals surface area contributed by atoms with Crippen molar-refractivity contribution in [2.75, 3.05) is 6.61 Å². The first-order valence-electron chi connectivity index (χ1n) is 3.77. The lowest BCUT2D eigenvalue weighted by Crippen LogP contribution is -2.32. The molecule has 2 atom stereocenters. The average molecular weight is 142 g/mol. The van der Waals surface area contributed by atoms with Crippen LogP contribution in [0.1, 0.15) is 19.8 Å². The van der Waals surface area contributed by atoms with Gasteiger partial charge in [0.15, 0.2) is 0 Å². The number of hydrogen-bond donors (Lipinski definition) is 1. The standard InChI is InChI=1S/C8H14O2/c1-2-4-8-7(9)5-3-6-10-8/h2,4,7-9H,3,5-6H2,1H3/b4-2+/t7-,8+/m1/s1. The zero-order chi connectivity index (χ0) is 7.40. The van der Waals surface area contributed by atoms with Gasteiger partial charge in [-0.05, 0) is 19.8 Å². The smallest absolute Gasteiger partial charge is 0.101 e. The normalized spacial score (nSPS) is 35.0. The second-order valence-corrected chi connectivity index (χ2v) is 2.57. The van der Waals surface area contributed by atoms with Crippen LogP contribution in [-0.2, 0) is 4.74 Å². The zero-order valence-corrected chi connectivity index (χ0v) is 6.29. The van der Waals surface area contributed by atoms with Gasteiger partial charge < -0.3 is 9.84 Å². The molecule has 0 spiro atoms. The van der Waals surface area contributed by atoms with Crippen LogP contribution in [0.2, 0.25) is 0 Å². The molecule has 0 bridgehead atoms. The van der Waals surface area contributed by atoms with Gasteiger partial charge >= 0.3 is 0 Å². The molecule has 0 aromatic carbocycles. The van der Waals surface area contributed by atoms with Gasteiger partial charge in [0.2, 0.25) is 0 Å². The third-order valence-electron chi connectivity index (χ3n) is 1.72. The van der Waals surface area contributed by atoms with Gasteiger partial charge in [-0.25, -0.2) is 0 Å². The Labute approximate surface area is 61.5 Å². The molecule has 58 valence electrons. The van der Waals surface area contributed by atoms with E-state index in [9.17, 15) is 5.11 Å². The summed E-state index contributed by atoms with van der Waals surface area (Å²) in [4.78, 5) is 0.